The van der Waals surface area contributed by atoms with Crippen molar-refractivity contribution in [3.8, 4) is 22.9 Å². The van der Waals surface area contributed by atoms with Crippen LogP contribution in [0.2, 0.25) is 0 Å². The zero-order valence-corrected chi connectivity index (χ0v) is 18.9. The van der Waals surface area contributed by atoms with E-state index in [1.807, 2.05) is 12.1 Å². The van der Waals surface area contributed by atoms with Gasteiger partial charge in [-0.25, -0.2) is 14.8 Å². The summed E-state index contributed by atoms with van der Waals surface area (Å²) in [5.41, 5.74) is 0.478. The molecule has 34 heavy (non-hydrogen) atoms. The number of ether oxygens (including phenoxy) is 2. The van der Waals surface area contributed by atoms with Crippen LogP contribution in [-0.2, 0) is 24.9 Å². The SMILES string of the molecule is COc1ccc(CNC(=O)Cn2c(=O)c3cnc(-c4ccc(OC)cc4)nc3n(C)c2=O)cc1. The van der Waals surface area contributed by atoms with Gasteiger partial charge in [-0.05, 0) is 42.0 Å². The standard InChI is InChI=1S/C24H23N5O5/c1-28-22-19(13-26-21(27-22)16-6-10-18(34-3)11-7-16)23(31)29(24(28)32)14-20(30)25-12-15-4-8-17(33-2)9-5-15/h4-11,13H,12,14H2,1-3H3,(H,25,30). The van der Waals surface area contributed by atoms with Gasteiger partial charge in [0.15, 0.2) is 11.5 Å². The first-order valence-corrected chi connectivity index (χ1v) is 10.4. The van der Waals surface area contributed by atoms with Crippen LogP contribution in [0.4, 0.5) is 0 Å². The van der Waals surface area contributed by atoms with Gasteiger partial charge in [0.2, 0.25) is 5.91 Å². The predicted octanol–water partition coefficient (Wildman–Crippen LogP) is 1.49. The van der Waals surface area contributed by atoms with E-state index in [2.05, 4.69) is 15.3 Å². The van der Waals surface area contributed by atoms with Crippen molar-refractivity contribution in [1.29, 1.82) is 0 Å². The lowest BCUT2D eigenvalue weighted by Crippen LogP contribution is -2.43. The Kier molecular flexibility index (Phi) is 6.39. The highest BCUT2D eigenvalue weighted by atomic mass is 16.5. The molecule has 0 aliphatic carbocycles. The molecule has 1 N–H and O–H groups in total. The molecule has 174 valence electrons. The van der Waals surface area contributed by atoms with Gasteiger partial charge in [-0.1, -0.05) is 12.1 Å². The van der Waals surface area contributed by atoms with Crippen LogP contribution in [0, 0.1) is 0 Å². The lowest BCUT2D eigenvalue weighted by Gasteiger charge is -2.11. The van der Waals surface area contributed by atoms with Gasteiger partial charge in [-0.3, -0.25) is 18.7 Å². The molecule has 4 rings (SSSR count). The van der Waals surface area contributed by atoms with Gasteiger partial charge in [-0.2, -0.15) is 0 Å². The molecule has 10 nitrogen and oxygen atoms in total. The van der Waals surface area contributed by atoms with E-state index in [-0.39, 0.29) is 17.6 Å². The van der Waals surface area contributed by atoms with Crippen molar-refractivity contribution in [3.63, 3.8) is 0 Å². The van der Waals surface area contributed by atoms with Crippen molar-refractivity contribution in [3.05, 3.63) is 81.1 Å². The van der Waals surface area contributed by atoms with Crippen LogP contribution in [0.15, 0.2) is 64.3 Å². The van der Waals surface area contributed by atoms with Crippen molar-refractivity contribution in [1.82, 2.24) is 24.4 Å². The number of hydrogen-bond donors (Lipinski definition) is 1. The number of hydrogen-bond acceptors (Lipinski definition) is 7. The average molecular weight is 461 g/mol. The molecule has 0 aliphatic rings. The average Bonchev–Trinajstić information content (AvgIpc) is 2.88. The van der Waals surface area contributed by atoms with Gasteiger partial charge in [0, 0.05) is 25.4 Å². The summed E-state index contributed by atoms with van der Waals surface area (Å²) < 4.78 is 12.4. The van der Waals surface area contributed by atoms with Gasteiger partial charge in [-0.15, -0.1) is 0 Å². The molecular weight excluding hydrogens is 438 g/mol. The molecule has 2 aromatic heterocycles. The van der Waals surface area contributed by atoms with E-state index in [0.29, 0.717) is 22.9 Å². The number of carbonyl (C=O) groups is 1. The summed E-state index contributed by atoms with van der Waals surface area (Å²) in [5.74, 6) is 1.29. The highest BCUT2D eigenvalue weighted by Gasteiger charge is 2.16. The lowest BCUT2D eigenvalue weighted by atomic mass is 10.2. The second kappa shape index (κ2) is 9.57. The van der Waals surface area contributed by atoms with E-state index in [4.69, 9.17) is 9.47 Å². The van der Waals surface area contributed by atoms with Gasteiger partial charge >= 0.3 is 5.69 Å². The molecule has 0 saturated heterocycles. The number of fused-ring (bicyclic) bond motifs is 1. The number of benzene rings is 2. The third-order valence-electron chi connectivity index (χ3n) is 5.38. The molecular formula is C24H23N5O5. The molecule has 0 spiro atoms. The summed E-state index contributed by atoms with van der Waals surface area (Å²) in [6.45, 7) is -0.169. The molecule has 1 amide bonds. The van der Waals surface area contributed by atoms with Crippen molar-refractivity contribution < 1.29 is 14.3 Å². The summed E-state index contributed by atoms with van der Waals surface area (Å²) in [6.07, 6.45) is 1.37. The van der Waals surface area contributed by atoms with E-state index in [0.717, 1.165) is 10.1 Å². The molecule has 0 saturated carbocycles. The topological polar surface area (TPSA) is 117 Å². The number of carbonyl (C=O) groups excluding carboxylic acids is 1. The molecule has 0 fully saturated rings. The zero-order valence-electron chi connectivity index (χ0n) is 18.9. The summed E-state index contributed by atoms with van der Waals surface area (Å²) in [5, 5.41) is 2.86. The fourth-order valence-corrected chi connectivity index (χ4v) is 3.45. The summed E-state index contributed by atoms with van der Waals surface area (Å²) in [4.78, 5) is 47.0. The second-order valence-corrected chi connectivity index (χ2v) is 7.52. The third-order valence-corrected chi connectivity index (χ3v) is 5.38. The molecule has 4 aromatic rings. The van der Waals surface area contributed by atoms with Crippen LogP contribution in [0.5, 0.6) is 11.5 Å². The number of nitrogens with one attached hydrogen (secondary N) is 1. The zero-order chi connectivity index (χ0) is 24.2. The fraction of sp³-hybridized carbons (Fsp3) is 0.208. The Balaban J connectivity index is 1.58. The van der Waals surface area contributed by atoms with Gasteiger partial charge in [0.1, 0.15) is 23.4 Å². The molecule has 10 heteroatoms. The number of methoxy groups -OCH3 is 2. The summed E-state index contributed by atoms with van der Waals surface area (Å²) >= 11 is 0. The van der Waals surface area contributed by atoms with Crippen molar-refractivity contribution in [2.75, 3.05) is 14.2 Å². The van der Waals surface area contributed by atoms with E-state index in [1.165, 1.54) is 17.8 Å². The fourth-order valence-electron chi connectivity index (χ4n) is 3.45. The van der Waals surface area contributed by atoms with Crippen LogP contribution < -0.4 is 26.0 Å². The van der Waals surface area contributed by atoms with Crippen LogP contribution in [0.3, 0.4) is 0 Å². The summed E-state index contributed by atoms with van der Waals surface area (Å²) in [6, 6.07) is 14.3. The Bertz CT molecular complexity index is 1460. The Morgan fingerprint density at radius 1 is 0.971 bits per heavy atom. The van der Waals surface area contributed by atoms with Crippen LogP contribution >= 0.6 is 0 Å². The molecule has 0 bridgehead atoms. The molecule has 0 radical (unpaired) electrons. The van der Waals surface area contributed by atoms with Crippen LogP contribution in [-0.4, -0.2) is 39.2 Å². The molecule has 2 heterocycles. The van der Waals surface area contributed by atoms with Crippen LogP contribution in [0.1, 0.15) is 5.56 Å². The number of amides is 1. The number of rotatable bonds is 7. The van der Waals surface area contributed by atoms with E-state index < -0.39 is 23.7 Å². The van der Waals surface area contributed by atoms with E-state index in [9.17, 15) is 14.4 Å². The maximum Gasteiger partial charge on any atom is 0.332 e. The summed E-state index contributed by atoms with van der Waals surface area (Å²) in [7, 11) is 4.64. The number of aromatic nitrogens is 4. The van der Waals surface area contributed by atoms with E-state index >= 15 is 0 Å². The highest BCUT2D eigenvalue weighted by molar-refractivity contribution is 5.78. The quantitative estimate of drug-likeness (QED) is 0.443. The monoisotopic (exact) mass is 461 g/mol. The molecule has 0 atom stereocenters. The largest absolute Gasteiger partial charge is 0.497 e. The van der Waals surface area contributed by atoms with Crippen molar-refractivity contribution >= 4 is 16.9 Å². The Morgan fingerprint density at radius 2 is 1.59 bits per heavy atom. The Hall–Kier alpha value is -4.47. The minimum Gasteiger partial charge on any atom is -0.497 e. The Labute approximate surface area is 194 Å². The van der Waals surface area contributed by atoms with Crippen molar-refractivity contribution in [2.24, 2.45) is 7.05 Å². The highest BCUT2D eigenvalue weighted by Crippen LogP contribution is 2.20. The maximum absolute atomic E-state index is 13.0. The van der Waals surface area contributed by atoms with Crippen molar-refractivity contribution in [2.45, 2.75) is 13.1 Å². The minimum absolute atomic E-state index is 0.141. The van der Waals surface area contributed by atoms with E-state index in [1.54, 1.807) is 50.6 Å². The first kappa shape index (κ1) is 22.7. The Morgan fingerprint density at radius 3 is 2.21 bits per heavy atom. The predicted molar refractivity (Wildman–Crippen MR) is 126 cm³/mol. The molecule has 0 unspecified atom stereocenters. The minimum atomic E-state index is -0.642. The first-order valence-electron chi connectivity index (χ1n) is 10.4. The first-order chi connectivity index (χ1) is 16.4. The smallest absolute Gasteiger partial charge is 0.332 e. The lowest BCUT2D eigenvalue weighted by molar-refractivity contribution is -0.121. The molecule has 2 aromatic carbocycles. The normalized spacial score (nSPS) is 10.8. The number of nitrogens with zero attached hydrogens (tertiary/aromatic N) is 4. The van der Waals surface area contributed by atoms with Gasteiger partial charge < -0.3 is 14.8 Å². The molecule has 0 aliphatic heterocycles. The van der Waals surface area contributed by atoms with Gasteiger partial charge in [0.25, 0.3) is 5.56 Å². The maximum atomic E-state index is 13.0. The third kappa shape index (κ3) is 4.51. The second-order valence-electron chi connectivity index (χ2n) is 7.52. The van der Waals surface area contributed by atoms with Crippen LogP contribution in [0.25, 0.3) is 22.4 Å². The number of aryl methyl sites for hydroxylation is 1. The van der Waals surface area contributed by atoms with Gasteiger partial charge in [0.05, 0.1) is 14.2 Å².